The van der Waals surface area contributed by atoms with Gasteiger partial charge >= 0.3 is 0 Å². The van der Waals surface area contributed by atoms with Crippen molar-refractivity contribution in [2.45, 2.75) is 13.0 Å². The van der Waals surface area contributed by atoms with E-state index in [1.165, 1.54) is 30.0 Å². The lowest BCUT2D eigenvalue weighted by molar-refractivity contribution is -0.385. The zero-order valence-corrected chi connectivity index (χ0v) is 11.1. The average molecular weight is 289 g/mol. The Morgan fingerprint density at radius 3 is 2.52 bits per heavy atom. The van der Waals surface area contributed by atoms with E-state index in [1.807, 2.05) is 0 Å². The van der Waals surface area contributed by atoms with Crippen molar-refractivity contribution >= 4 is 23.4 Å². The Hall–Kier alpha value is -2.77. The Morgan fingerprint density at radius 2 is 1.95 bits per heavy atom. The van der Waals surface area contributed by atoms with E-state index in [9.17, 15) is 24.5 Å². The number of amides is 3. The summed E-state index contributed by atoms with van der Waals surface area (Å²) >= 11 is 0. The minimum atomic E-state index is -0.670. The lowest BCUT2D eigenvalue weighted by atomic mass is 10.1. The number of nitro benzene ring substituents is 1. The van der Waals surface area contributed by atoms with Crippen molar-refractivity contribution in [3.05, 3.63) is 39.4 Å². The molecule has 3 rings (SSSR count). The van der Waals surface area contributed by atoms with Crippen LogP contribution in [0.15, 0.2) is 18.2 Å². The fourth-order valence-corrected chi connectivity index (χ4v) is 2.65. The highest BCUT2D eigenvalue weighted by Crippen LogP contribution is 2.33. The van der Waals surface area contributed by atoms with E-state index < -0.39 is 22.8 Å². The van der Waals surface area contributed by atoms with Gasteiger partial charge in [0.1, 0.15) is 5.56 Å². The van der Waals surface area contributed by atoms with Gasteiger partial charge in [0.05, 0.1) is 16.5 Å². The molecule has 0 radical (unpaired) electrons. The van der Waals surface area contributed by atoms with Crippen LogP contribution >= 0.6 is 0 Å². The molecule has 21 heavy (non-hydrogen) atoms. The number of hydrogen-bond donors (Lipinski definition) is 0. The van der Waals surface area contributed by atoms with E-state index in [0.717, 1.165) is 4.90 Å². The van der Waals surface area contributed by atoms with Gasteiger partial charge in [-0.1, -0.05) is 6.07 Å². The first-order chi connectivity index (χ1) is 9.91. The van der Waals surface area contributed by atoms with E-state index in [-0.39, 0.29) is 35.8 Å². The highest BCUT2D eigenvalue weighted by Gasteiger charge is 2.47. The number of likely N-dealkylation sites (tertiary alicyclic amines) is 1. The maximum atomic E-state index is 12.3. The largest absolute Gasteiger partial charge is 0.339 e. The van der Waals surface area contributed by atoms with Crippen LogP contribution in [0.5, 0.6) is 0 Å². The Balaban J connectivity index is 1.93. The van der Waals surface area contributed by atoms with Gasteiger partial charge in [-0.2, -0.15) is 0 Å². The molecular formula is C13H11N3O5. The zero-order valence-electron chi connectivity index (χ0n) is 11.1. The molecule has 1 aromatic rings. The van der Waals surface area contributed by atoms with Crippen molar-refractivity contribution < 1.29 is 19.3 Å². The summed E-state index contributed by atoms with van der Waals surface area (Å²) in [5.74, 6) is -1.32. The van der Waals surface area contributed by atoms with Crippen molar-refractivity contribution in [1.29, 1.82) is 0 Å². The Bertz CT molecular complexity index is 693. The Morgan fingerprint density at radius 1 is 1.29 bits per heavy atom. The van der Waals surface area contributed by atoms with Crippen molar-refractivity contribution in [1.82, 2.24) is 9.80 Å². The fraction of sp³-hybridized carbons (Fsp3) is 0.308. The average Bonchev–Trinajstić information content (AvgIpc) is 2.62. The van der Waals surface area contributed by atoms with Crippen LogP contribution in [-0.2, 0) is 4.79 Å². The highest BCUT2D eigenvalue weighted by molar-refractivity contribution is 6.23. The van der Waals surface area contributed by atoms with Gasteiger partial charge in [-0.25, -0.2) is 0 Å². The monoisotopic (exact) mass is 289 g/mol. The second-order valence-corrected chi connectivity index (χ2v) is 5.01. The summed E-state index contributed by atoms with van der Waals surface area (Å²) in [5, 5.41) is 11.0. The van der Waals surface area contributed by atoms with Crippen LogP contribution in [0.25, 0.3) is 0 Å². The third kappa shape index (κ3) is 1.79. The van der Waals surface area contributed by atoms with Gasteiger partial charge in [-0.3, -0.25) is 29.4 Å². The third-order valence-corrected chi connectivity index (χ3v) is 3.79. The third-order valence-electron chi connectivity index (χ3n) is 3.79. The highest BCUT2D eigenvalue weighted by atomic mass is 16.6. The number of carbonyl (C=O) groups excluding carboxylic acids is 3. The molecule has 1 saturated heterocycles. The maximum Gasteiger partial charge on any atom is 0.282 e. The number of fused-ring (bicyclic) bond motifs is 1. The van der Waals surface area contributed by atoms with Crippen LogP contribution in [0.3, 0.4) is 0 Å². The molecule has 0 bridgehead atoms. The molecule has 0 aliphatic carbocycles. The first-order valence-electron chi connectivity index (χ1n) is 6.32. The molecule has 8 heteroatoms. The first kappa shape index (κ1) is 13.2. The zero-order chi connectivity index (χ0) is 15.3. The summed E-state index contributed by atoms with van der Waals surface area (Å²) in [4.78, 5) is 48.6. The number of rotatable bonds is 2. The van der Waals surface area contributed by atoms with Crippen molar-refractivity contribution in [3.8, 4) is 0 Å². The van der Waals surface area contributed by atoms with E-state index >= 15 is 0 Å². The van der Waals surface area contributed by atoms with Crippen LogP contribution in [0.1, 0.15) is 27.6 Å². The van der Waals surface area contributed by atoms with Gasteiger partial charge in [0.15, 0.2) is 0 Å². The fourth-order valence-electron chi connectivity index (χ4n) is 2.65. The molecule has 0 aromatic heterocycles. The van der Waals surface area contributed by atoms with Gasteiger partial charge in [0, 0.05) is 26.1 Å². The van der Waals surface area contributed by atoms with Gasteiger partial charge < -0.3 is 4.90 Å². The van der Waals surface area contributed by atoms with Crippen molar-refractivity contribution in [3.63, 3.8) is 0 Å². The summed E-state index contributed by atoms with van der Waals surface area (Å²) in [6, 6.07) is 3.58. The molecule has 0 spiro atoms. The minimum absolute atomic E-state index is 0.0514. The smallest absolute Gasteiger partial charge is 0.282 e. The lowest BCUT2D eigenvalue weighted by Crippen LogP contribution is -2.61. The van der Waals surface area contributed by atoms with Crippen LogP contribution in [0, 0.1) is 10.1 Å². The standard InChI is InChI=1S/C13H11N3O5/c1-7(17)14-5-8(6-14)15-12(18)9-3-2-4-10(16(20)21)11(9)13(15)19/h2-4,8H,5-6H2,1H3. The molecule has 2 heterocycles. The summed E-state index contributed by atoms with van der Waals surface area (Å²) < 4.78 is 0. The van der Waals surface area contributed by atoms with E-state index in [4.69, 9.17) is 0 Å². The predicted molar refractivity (Wildman–Crippen MR) is 69.6 cm³/mol. The normalized spacial score (nSPS) is 17.8. The maximum absolute atomic E-state index is 12.3. The second kappa shape index (κ2) is 4.37. The second-order valence-electron chi connectivity index (χ2n) is 5.01. The molecule has 0 unspecified atom stereocenters. The SMILES string of the molecule is CC(=O)N1CC(N2C(=O)c3cccc([N+](=O)[O-])c3C2=O)C1. The molecule has 1 aromatic carbocycles. The number of hydrogen-bond acceptors (Lipinski definition) is 5. The van der Waals surface area contributed by atoms with Gasteiger partial charge in [-0.05, 0) is 6.07 Å². The molecule has 108 valence electrons. The topological polar surface area (TPSA) is 101 Å². The van der Waals surface area contributed by atoms with Crippen molar-refractivity contribution in [2.75, 3.05) is 13.1 Å². The van der Waals surface area contributed by atoms with Crippen molar-refractivity contribution in [2.24, 2.45) is 0 Å². The molecule has 1 fully saturated rings. The molecule has 8 nitrogen and oxygen atoms in total. The summed E-state index contributed by atoms with van der Waals surface area (Å²) in [7, 11) is 0. The molecule has 3 amide bonds. The van der Waals surface area contributed by atoms with Crippen LogP contribution < -0.4 is 0 Å². The van der Waals surface area contributed by atoms with Crippen LogP contribution in [0.4, 0.5) is 5.69 Å². The Labute approximate surface area is 119 Å². The van der Waals surface area contributed by atoms with E-state index in [0.29, 0.717) is 0 Å². The lowest BCUT2D eigenvalue weighted by Gasteiger charge is -2.42. The summed E-state index contributed by atoms with van der Waals surface area (Å²) in [5.41, 5.74) is -0.472. The molecule has 2 aliphatic heterocycles. The molecular weight excluding hydrogens is 278 g/mol. The first-order valence-corrected chi connectivity index (χ1v) is 6.32. The minimum Gasteiger partial charge on any atom is -0.339 e. The van der Waals surface area contributed by atoms with Gasteiger partial charge in [-0.15, -0.1) is 0 Å². The Kier molecular flexibility index (Phi) is 2.75. The molecule has 0 atom stereocenters. The molecule has 0 saturated carbocycles. The number of nitrogens with zero attached hydrogens (tertiary/aromatic N) is 3. The van der Waals surface area contributed by atoms with Gasteiger partial charge in [0.2, 0.25) is 5.91 Å². The summed E-state index contributed by atoms with van der Waals surface area (Å²) in [6.07, 6.45) is 0. The molecule has 2 aliphatic rings. The quantitative estimate of drug-likeness (QED) is 0.446. The van der Waals surface area contributed by atoms with E-state index in [1.54, 1.807) is 0 Å². The van der Waals surface area contributed by atoms with Crippen LogP contribution in [-0.4, -0.2) is 51.6 Å². The molecule has 0 N–H and O–H groups in total. The number of nitro groups is 1. The van der Waals surface area contributed by atoms with Crippen LogP contribution in [0.2, 0.25) is 0 Å². The predicted octanol–water partition coefficient (Wildman–Crippen LogP) is 0.421. The number of benzene rings is 1. The van der Waals surface area contributed by atoms with Gasteiger partial charge in [0.25, 0.3) is 17.5 Å². The number of imide groups is 1. The van der Waals surface area contributed by atoms with E-state index in [2.05, 4.69) is 0 Å². The number of carbonyl (C=O) groups is 3. The summed E-state index contributed by atoms with van der Waals surface area (Å²) in [6.45, 7) is 1.95.